The van der Waals surface area contributed by atoms with Crippen molar-refractivity contribution in [2.24, 2.45) is 24.1 Å². The van der Waals surface area contributed by atoms with Crippen molar-refractivity contribution in [3.8, 4) is 0 Å². The van der Waals surface area contributed by atoms with E-state index in [1.54, 1.807) is 0 Å². The van der Waals surface area contributed by atoms with Crippen LogP contribution in [0.15, 0.2) is 12.4 Å². The summed E-state index contributed by atoms with van der Waals surface area (Å²) in [4.78, 5) is 0. The molecule has 2 unspecified atom stereocenters. The van der Waals surface area contributed by atoms with Gasteiger partial charge in [0.1, 0.15) is 0 Å². The van der Waals surface area contributed by atoms with Crippen molar-refractivity contribution < 1.29 is 0 Å². The first-order valence-corrected chi connectivity index (χ1v) is 6.49. The molecule has 3 nitrogen and oxygen atoms in total. The molecule has 2 atom stereocenters. The van der Waals surface area contributed by atoms with Crippen LogP contribution in [-0.2, 0) is 13.5 Å². The molecule has 1 heterocycles. The van der Waals surface area contributed by atoms with Gasteiger partial charge in [-0.25, -0.2) is 0 Å². The highest BCUT2D eigenvalue weighted by molar-refractivity contribution is 5.05. The van der Waals surface area contributed by atoms with Gasteiger partial charge in [0.15, 0.2) is 0 Å². The highest BCUT2D eigenvalue weighted by Crippen LogP contribution is 2.26. The first-order valence-electron chi connectivity index (χ1n) is 6.49. The monoisotopic (exact) mass is 237 g/mol. The van der Waals surface area contributed by atoms with Gasteiger partial charge in [0.2, 0.25) is 0 Å². The molecule has 0 aliphatic rings. The molecule has 0 bridgehead atoms. The molecular formula is C14H27N3. The van der Waals surface area contributed by atoms with E-state index < -0.39 is 0 Å². The van der Waals surface area contributed by atoms with Crippen LogP contribution in [0.25, 0.3) is 0 Å². The van der Waals surface area contributed by atoms with Gasteiger partial charge in [-0.05, 0) is 36.2 Å². The van der Waals surface area contributed by atoms with Crippen molar-refractivity contribution >= 4 is 0 Å². The molecule has 0 amide bonds. The normalized spacial score (nSPS) is 15.9. The van der Waals surface area contributed by atoms with Gasteiger partial charge in [-0.3, -0.25) is 4.68 Å². The Balaban J connectivity index is 2.36. The number of hydrogen-bond donors (Lipinski definition) is 1. The minimum atomic E-state index is 0.247. The van der Waals surface area contributed by atoms with E-state index in [-0.39, 0.29) is 6.04 Å². The molecule has 0 saturated carbocycles. The summed E-state index contributed by atoms with van der Waals surface area (Å²) in [5, 5.41) is 4.17. The second-order valence-corrected chi connectivity index (χ2v) is 6.59. The van der Waals surface area contributed by atoms with E-state index in [0.717, 1.165) is 12.8 Å². The molecule has 1 aromatic heterocycles. The van der Waals surface area contributed by atoms with Gasteiger partial charge in [0.05, 0.1) is 6.20 Å². The van der Waals surface area contributed by atoms with E-state index in [4.69, 9.17) is 5.73 Å². The zero-order valence-corrected chi connectivity index (χ0v) is 11.9. The molecule has 1 aromatic rings. The Kier molecular flexibility index (Phi) is 4.75. The molecule has 0 fully saturated rings. The number of aryl methyl sites for hydroxylation is 1. The van der Waals surface area contributed by atoms with Crippen LogP contribution in [0.2, 0.25) is 0 Å². The molecule has 0 aliphatic heterocycles. The van der Waals surface area contributed by atoms with Gasteiger partial charge in [0.25, 0.3) is 0 Å². The summed E-state index contributed by atoms with van der Waals surface area (Å²) >= 11 is 0. The van der Waals surface area contributed by atoms with Crippen LogP contribution in [-0.4, -0.2) is 15.8 Å². The van der Waals surface area contributed by atoms with Crippen molar-refractivity contribution in [3.63, 3.8) is 0 Å². The summed E-state index contributed by atoms with van der Waals surface area (Å²) in [5.74, 6) is 0.682. The van der Waals surface area contributed by atoms with Gasteiger partial charge < -0.3 is 5.73 Å². The summed E-state index contributed by atoms with van der Waals surface area (Å²) in [7, 11) is 1.94. The number of hydrogen-bond acceptors (Lipinski definition) is 2. The third kappa shape index (κ3) is 5.87. The number of nitrogens with two attached hydrogens (primary N) is 1. The van der Waals surface area contributed by atoms with Crippen molar-refractivity contribution in [1.29, 1.82) is 0 Å². The predicted molar refractivity (Wildman–Crippen MR) is 72.7 cm³/mol. The Bertz CT molecular complexity index is 335. The van der Waals surface area contributed by atoms with E-state index >= 15 is 0 Å². The molecule has 0 aliphatic carbocycles. The molecule has 2 N–H and O–H groups in total. The highest BCUT2D eigenvalue weighted by Gasteiger charge is 2.17. The SMILES string of the molecule is CC(CC(N)Cc1cnn(C)c1)CC(C)(C)C. The molecule has 0 aromatic carbocycles. The van der Waals surface area contributed by atoms with E-state index in [0.29, 0.717) is 11.3 Å². The van der Waals surface area contributed by atoms with Gasteiger partial charge >= 0.3 is 0 Å². The first-order chi connectivity index (χ1) is 7.76. The van der Waals surface area contributed by atoms with Crippen LogP contribution >= 0.6 is 0 Å². The third-order valence-electron chi connectivity index (χ3n) is 2.92. The fourth-order valence-corrected chi connectivity index (χ4v) is 2.61. The summed E-state index contributed by atoms with van der Waals surface area (Å²) in [6, 6.07) is 0.247. The second-order valence-electron chi connectivity index (χ2n) is 6.59. The average molecular weight is 237 g/mol. The topological polar surface area (TPSA) is 43.8 Å². The standard InChI is InChI=1S/C14H27N3/c1-11(8-14(2,3)4)6-13(15)7-12-9-16-17(5)10-12/h9-11,13H,6-8,15H2,1-5H3. The molecule has 0 saturated heterocycles. The van der Waals surface area contributed by atoms with Crippen LogP contribution < -0.4 is 5.73 Å². The zero-order valence-electron chi connectivity index (χ0n) is 11.9. The number of rotatable bonds is 5. The Morgan fingerprint density at radius 2 is 2.06 bits per heavy atom. The van der Waals surface area contributed by atoms with Crippen LogP contribution in [0.1, 0.15) is 46.1 Å². The average Bonchev–Trinajstić information content (AvgIpc) is 2.46. The zero-order chi connectivity index (χ0) is 13.1. The number of nitrogens with zero attached hydrogens (tertiary/aromatic N) is 2. The summed E-state index contributed by atoms with van der Waals surface area (Å²) in [6.07, 6.45) is 7.21. The molecule has 1 rings (SSSR count). The predicted octanol–water partition coefficient (Wildman–Crippen LogP) is 2.75. The maximum Gasteiger partial charge on any atom is 0.0522 e. The lowest BCUT2D eigenvalue weighted by atomic mass is 9.82. The van der Waals surface area contributed by atoms with Gasteiger partial charge in [-0.2, -0.15) is 5.10 Å². The lowest BCUT2D eigenvalue weighted by molar-refractivity contribution is 0.285. The molecular weight excluding hydrogens is 210 g/mol. The maximum atomic E-state index is 6.20. The Morgan fingerprint density at radius 3 is 2.53 bits per heavy atom. The van der Waals surface area contributed by atoms with Gasteiger partial charge in [-0.15, -0.1) is 0 Å². The quantitative estimate of drug-likeness (QED) is 0.855. The lowest BCUT2D eigenvalue weighted by Crippen LogP contribution is -2.26. The summed E-state index contributed by atoms with van der Waals surface area (Å²) in [5.41, 5.74) is 7.83. The smallest absolute Gasteiger partial charge is 0.0522 e. The van der Waals surface area contributed by atoms with E-state index in [1.807, 2.05) is 24.1 Å². The molecule has 3 heteroatoms. The largest absolute Gasteiger partial charge is 0.327 e. The van der Waals surface area contributed by atoms with Crippen molar-refractivity contribution in [2.45, 2.75) is 53.0 Å². The minimum Gasteiger partial charge on any atom is -0.327 e. The Labute approximate surface area is 105 Å². The van der Waals surface area contributed by atoms with E-state index in [2.05, 4.69) is 32.8 Å². The Morgan fingerprint density at radius 1 is 1.41 bits per heavy atom. The van der Waals surface area contributed by atoms with Crippen LogP contribution in [0.5, 0.6) is 0 Å². The summed E-state index contributed by atoms with van der Waals surface area (Å²) in [6.45, 7) is 9.16. The van der Waals surface area contributed by atoms with Crippen LogP contribution in [0.4, 0.5) is 0 Å². The number of aromatic nitrogens is 2. The van der Waals surface area contributed by atoms with Crippen LogP contribution in [0.3, 0.4) is 0 Å². The van der Waals surface area contributed by atoms with Crippen molar-refractivity contribution in [2.75, 3.05) is 0 Å². The minimum absolute atomic E-state index is 0.247. The fourth-order valence-electron chi connectivity index (χ4n) is 2.61. The van der Waals surface area contributed by atoms with Crippen LogP contribution in [0, 0.1) is 11.3 Å². The van der Waals surface area contributed by atoms with Crippen molar-refractivity contribution in [3.05, 3.63) is 18.0 Å². The molecule has 0 spiro atoms. The maximum absolute atomic E-state index is 6.20. The molecule has 17 heavy (non-hydrogen) atoms. The first kappa shape index (κ1) is 14.2. The molecule has 0 radical (unpaired) electrons. The summed E-state index contributed by atoms with van der Waals surface area (Å²) < 4.78 is 1.83. The third-order valence-corrected chi connectivity index (χ3v) is 2.92. The lowest BCUT2D eigenvalue weighted by Gasteiger charge is -2.25. The van der Waals surface area contributed by atoms with E-state index in [1.165, 1.54) is 12.0 Å². The van der Waals surface area contributed by atoms with E-state index in [9.17, 15) is 0 Å². The van der Waals surface area contributed by atoms with Gasteiger partial charge in [-0.1, -0.05) is 27.7 Å². The fraction of sp³-hybridized carbons (Fsp3) is 0.786. The van der Waals surface area contributed by atoms with Gasteiger partial charge in [0, 0.05) is 19.3 Å². The highest BCUT2D eigenvalue weighted by atomic mass is 15.2. The second kappa shape index (κ2) is 5.67. The van der Waals surface area contributed by atoms with Crippen molar-refractivity contribution in [1.82, 2.24) is 9.78 Å². The Hall–Kier alpha value is -0.830. The molecule has 98 valence electrons.